The second kappa shape index (κ2) is 7.08. The van der Waals surface area contributed by atoms with E-state index >= 15 is 0 Å². The first kappa shape index (κ1) is 14.6. The second-order valence-electron chi connectivity index (χ2n) is 5.03. The molecule has 0 saturated carbocycles. The lowest BCUT2D eigenvalue weighted by Gasteiger charge is -2.18. The van der Waals surface area contributed by atoms with Gasteiger partial charge in [0.05, 0.1) is 6.61 Å². The van der Waals surface area contributed by atoms with E-state index in [0.29, 0.717) is 6.61 Å². The van der Waals surface area contributed by atoms with E-state index in [0.717, 1.165) is 12.2 Å². The molecule has 0 fully saturated rings. The molecule has 0 bridgehead atoms. The van der Waals surface area contributed by atoms with E-state index < -0.39 is 0 Å². The second-order valence-corrected chi connectivity index (χ2v) is 5.03. The summed E-state index contributed by atoms with van der Waals surface area (Å²) in [6, 6.07) is 16.5. The normalized spacial score (nSPS) is 12.2. The van der Waals surface area contributed by atoms with E-state index in [2.05, 4.69) is 37.5 Å². The summed E-state index contributed by atoms with van der Waals surface area (Å²) in [5, 5.41) is 0. The molecule has 3 heteroatoms. The Hall–Kier alpha value is -1.84. The molecule has 0 heterocycles. The maximum atomic E-state index is 5.78. The highest BCUT2D eigenvalue weighted by atomic mass is 16.5. The molecule has 0 aliphatic carbocycles. The summed E-state index contributed by atoms with van der Waals surface area (Å²) < 4.78 is 5.78. The third-order valence-corrected chi connectivity index (χ3v) is 3.43. The van der Waals surface area contributed by atoms with Crippen LogP contribution in [0.25, 0.3) is 0 Å². The number of aryl methyl sites for hydroxylation is 2. The van der Waals surface area contributed by atoms with Crippen molar-refractivity contribution in [2.45, 2.75) is 26.3 Å². The summed E-state index contributed by atoms with van der Waals surface area (Å²) in [5.74, 6) is 6.58. The van der Waals surface area contributed by atoms with Crippen molar-refractivity contribution in [3.05, 3.63) is 65.2 Å². The summed E-state index contributed by atoms with van der Waals surface area (Å²) in [7, 11) is 0. The number of hydrogen-bond donors (Lipinski definition) is 2. The minimum absolute atomic E-state index is 0.112. The Morgan fingerprint density at radius 2 is 1.90 bits per heavy atom. The van der Waals surface area contributed by atoms with Gasteiger partial charge in [0.25, 0.3) is 0 Å². The highest BCUT2D eigenvalue weighted by molar-refractivity contribution is 5.29. The van der Waals surface area contributed by atoms with E-state index in [4.69, 9.17) is 10.6 Å². The number of hydrogen-bond acceptors (Lipinski definition) is 3. The molecule has 0 amide bonds. The van der Waals surface area contributed by atoms with Crippen LogP contribution < -0.4 is 16.0 Å². The molecular weight excluding hydrogens is 248 g/mol. The zero-order chi connectivity index (χ0) is 14.4. The number of ether oxygens (including phenoxy) is 1. The number of nitrogens with one attached hydrogen (secondary N) is 1. The van der Waals surface area contributed by atoms with Crippen LogP contribution in [0.2, 0.25) is 0 Å². The maximum absolute atomic E-state index is 5.78. The van der Waals surface area contributed by atoms with Crippen molar-refractivity contribution in [3.8, 4) is 5.75 Å². The average Bonchev–Trinajstić information content (AvgIpc) is 2.45. The van der Waals surface area contributed by atoms with Gasteiger partial charge in [-0.05, 0) is 42.7 Å². The van der Waals surface area contributed by atoms with Crippen molar-refractivity contribution in [1.82, 2.24) is 5.43 Å². The van der Waals surface area contributed by atoms with Crippen LogP contribution >= 0.6 is 0 Å². The fourth-order valence-corrected chi connectivity index (χ4v) is 2.31. The Kier molecular flexibility index (Phi) is 5.16. The Morgan fingerprint density at radius 1 is 1.10 bits per heavy atom. The molecular formula is C17H22N2O. The van der Waals surface area contributed by atoms with Crippen LogP contribution in [-0.4, -0.2) is 6.61 Å². The van der Waals surface area contributed by atoms with E-state index in [-0.39, 0.29) is 6.04 Å². The van der Waals surface area contributed by atoms with Gasteiger partial charge in [0.1, 0.15) is 5.75 Å². The van der Waals surface area contributed by atoms with Gasteiger partial charge in [-0.25, -0.2) is 0 Å². The molecule has 1 atom stereocenters. The van der Waals surface area contributed by atoms with Crippen molar-refractivity contribution in [2.75, 3.05) is 6.61 Å². The summed E-state index contributed by atoms with van der Waals surface area (Å²) >= 11 is 0. The van der Waals surface area contributed by atoms with Gasteiger partial charge in [0.2, 0.25) is 0 Å². The smallest absolute Gasteiger partial charge is 0.119 e. The van der Waals surface area contributed by atoms with Gasteiger partial charge in [-0.15, -0.1) is 0 Å². The molecule has 2 aromatic carbocycles. The lowest BCUT2D eigenvalue weighted by Crippen LogP contribution is -2.29. The lowest BCUT2D eigenvalue weighted by molar-refractivity contribution is 0.287. The maximum Gasteiger partial charge on any atom is 0.119 e. The minimum atomic E-state index is 0.112. The number of hydrazine groups is 1. The van der Waals surface area contributed by atoms with Gasteiger partial charge in [0, 0.05) is 12.5 Å². The first-order valence-electron chi connectivity index (χ1n) is 6.92. The Morgan fingerprint density at radius 3 is 2.60 bits per heavy atom. The molecule has 106 valence electrons. The number of rotatable bonds is 6. The van der Waals surface area contributed by atoms with Crippen LogP contribution in [-0.2, 0) is 0 Å². The molecule has 0 spiro atoms. The SMILES string of the molecule is Cc1cccc(OCCC(NN)c2ccccc2C)c1. The van der Waals surface area contributed by atoms with Crippen molar-refractivity contribution in [1.29, 1.82) is 0 Å². The molecule has 3 nitrogen and oxygen atoms in total. The molecule has 1 unspecified atom stereocenters. The van der Waals surface area contributed by atoms with Gasteiger partial charge in [-0.3, -0.25) is 11.3 Å². The predicted molar refractivity (Wildman–Crippen MR) is 82.5 cm³/mol. The topological polar surface area (TPSA) is 47.3 Å². The molecule has 2 aromatic rings. The van der Waals surface area contributed by atoms with Crippen LogP contribution in [0.3, 0.4) is 0 Å². The van der Waals surface area contributed by atoms with Crippen molar-refractivity contribution in [3.63, 3.8) is 0 Å². The third-order valence-electron chi connectivity index (χ3n) is 3.43. The van der Waals surface area contributed by atoms with E-state index in [1.165, 1.54) is 16.7 Å². The fraction of sp³-hybridized carbons (Fsp3) is 0.294. The van der Waals surface area contributed by atoms with Crippen LogP contribution in [0.5, 0.6) is 5.75 Å². The minimum Gasteiger partial charge on any atom is -0.494 e. The standard InChI is InChI=1S/C17H22N2O/c1-13-6-5-8-15(12-13)20-11-10-17(19-18)16-9-4-3-7-14(16)2/h3-9,12,17,19H,10-11,18H2,1-2H3. The van der Waals surface area contributed by atoms with Gasteiger partial charge in [-0.2, -0.15) is 0 Å². The van der Waals surface area contributed by atoms with E-state index in [1.807, 2.05) is 30.3 Å². The quantitative estimate of drug-likeness (QED) is 0.625. The first-order valence-corrected chi connectivity index (χ1v) is 6.92. The monoisotopic (exact) mass is 270 g/mol. The molecule has 0 aromatic heterocycles. The van der Waals surface area contributed by atoms with Crippen LogP contribution in [0.15, 0.2) is 48.5 Å². The van der Waals surface area contributed by atoms with Gasteiger partial charge >= 0.3 is 0 Å². The number of benzene rings is 2. The Bertz CT molecular complexity index is 554. The fourth-order valence-electron chi connectivity index (χ4n) is 2.31. The predicted octanol–water partition coefficient (Wildman–Crippen LogP) is 3.28. The zero-order valence-electron chi connectivity index (χ0n) is 12.1. The average molecular weight is 270 g/mol. The molecule has 0 aliphatic heterocycles. The van der Waals surface area contributed by atoms with Crippen LogP contribution in [0.1, 0.15) is 29.2 Å². The molecule has 0 aliphatic rings. The highest BCUT2D eigenvalue weighted by Gasteiger charge is 2.11. The molecule has 0 saturated heterocycles. The van der Waals surface area contributed by atoms with Crippen molar-refractivity contribution < 1.29 is 4.74 Å². The molecule has 0 radical (unpaired) electrons. The van der Waals surface area contributed by atoms with Gasteiger partial charge in [0.15, 0.2) is 0 Å². The van der Waals surface area contributed by atoms with Crippen LogP contribution in [0, 0.1) is 13.8 Å². The van der Waals surface area contributed by atoms with Gasteiger partial charge < -0.3 is 4.74 Å². The van der Waals surface area contributed by atoms with E-state index in [9.17, 15) is 0 Å². The van der Waals surface area contributed by atoms with E-state index in [1.54, 1.807) is 0 Å². The molecule has 20 heavy (non-hydrogen) atoms. The lowest BCUT2D eigenvalue weighted by atomic mass is 10.00. The van der Waals surface area contributed by atoms with Crippen molar-refractivity contribution >= 4 is 0 Å². The highest BCUT2D eigenvalue weighted by Crippen LogP contribution is 2.20. The third kappa shape index (κ3) is 3.83. The largest absolute Gasteiger partial charge is 0.494 e. The summed E-state index contributed by atoms with van der Waals surface area (Å²) in [6.45, 7) is 4.79. The summed E-state index contributed by atoms with van der Waals surface area (Å²) in [6.07, 6.45) is 0.829. The Balaban J connectivity index is 1.93. The molecule has 3 N–H and O–H groups in total. The summed E-state index contributed by atoms with van der Waals surface area (Å²) in [4.78, 5) is 0. The molecule has 2 rings (SSSR count). The number of nitrogens with two attached hydrogens (primary N) is 1. The van der Waals surface area contributed by atoms with Gasteiger partial charge in [-0.1, -0.05) is 36.4 Å². The zero-order valence-corrected chi connectivity index (χ0v) is 12.1. The first-order chi connectivity index (χ1) is 9.70. The van der Waals surface area contributed by atoms with Crippen molar-refractivity contribution in [2.24, 2.45) is 5.84 Å². The van der Waals surface area contributed by atoms with Crippen LogP contribution in [0.4, 0.5) is 0 Å². The Labute approximate surface area is 120 Å². The summed E-state index contributed by atoms with van der Waals surface area (Å²) in [5.41, 5.74) is 6.55.